The molecule has 1 atom stereocenters. The van der Waals surface area contributed by atoms with Crippen LogP contribution in [0.3, 0.4) is 0 Å². The van der Waals surface area contributed by atoms with E-state index in [9.17, 15) is 22.4 Å². The molecule has 3 aromatic rings. The van der Waals surface area contributed by atoms with E-state index >= 15 is 0 Å². The second-order valence-electron chi connectivity index (χ2n) is 8.22. The summed E-state index contributed by atoms with van der Waals surface area (Å²) < 4.78 is 36.2. The molecule has 10 heteroatoms. The van der Waals surface area contributed by atoms with E-state index in [0.29, 0.717) is 32.5 Å². The molecule has 0 aliphatic carbocycles. The summed E-state index contributed by atoms with van der Waals surface area (Å²) in [6, 6.07) is 10.7. The molecule has 2 amide bonds. The number of benzene rings is 2. The van der Waals surface area contributed by atoms with E-state index in [1.807, 2.05) is 6.20 Å². The Morgan fingerprint density at radius 2 is 1.94 bits per heavy atom. The van der Waals surface area contributed by atoms with Crippen LogP contribution in [0.4, 0.5) is 4.39 Å². The van der Waals surface area contributed by atoms with Crippen molar-refractivity contribution in [3.05, 3.63) is 65.6 Å². The van der Waals surface area contributed by atoms with Gasteiger partial charge in [0, 0.05) is 43.2 Å². The number of sulfonamides is 1. The van der Waals surface area contributed by atoms with Gasteiger partial charge in [-0.1, -0.05) is 12.1 Å². The summed E-state index contributed by atoms with van der Waals surface area (Å²) in [5.74, 6) is -0.971. The molecule has 33 heavy (non-hydrogen) atoms. The number of fused-ring (bicyclic) bond motifs is 1. The van der Waals surface area contributed by atoms with Crippen LogP contribution in [0.2, 0.25) is 0 Å². The smallest absolute Gasteiger partial charge is 0.238 e. The van der Waals surface area contributed by atoms with Crippen molar-refractivity contribution >= 4 is 32.7 Å². The third kappa shape index (κ3) is 5.40. The van der Waals surface area contributed by atoms with Crippen molar-refractivity contribution in [1.82, 2.24) is 15.2 Å². The Hall–Kier alpha value is -3.24. The maximum Gasteiger partial charge on any atom is 0.238 e. The predicted molar refractivity (Wildman–Crippen MR) is 121 cm³/mol. The van der Waals surface area contributed by atoms with Gasteiger partial charge in [-0.2, -0.15) is 0 Å². The fourth-order valence-electron chi connectivity index (χ4n) is 4.10. The van der Waals surface area contributed by atoms with Gasteiger partial charge in [-0.15, -0.1) is 0 Å². The molecule has 1 aliphatic rings. The van der Waals surface area contributed by atoms with E-state index in [0.717, 1.165) is 22.0 Å². The maximum atomic E-state index is 13.6. The molecule has 2 aromatic carbocycles. The maximum absolute atomic E-state index is 13.6. The molecule has 4 rings (SSSR count). The Labute approximate surface area is 191 Å². The van der Waals surface area contributed by atoms with Gasteiger partial charge in [-0.25, -0.2) is 17.9 Å². The Balaban J connectivity index is 1.26. The lowest BCUT2D eigenvalue weighted by atomic mass is 10.1. The summed E-state index contributed by atoms with van der Waals surface area (Å²) >= 11 is 0. The summed E-state index contributed by atoms with van der Waals surface area (Å²) in [7, 11) is -3.73. The number of aromatic nitrogens is 1. The Kier molecular flexibility index (Phi) is 6.48. The topological polar surface area (TPSA) is 125 Å². The molecule has 0 spiro atoms. The van der Waals surface area contributed by atoms with Crippen LogP contribution < -0.4 is 10.5 Å². The number of rotatable bonds is 8. The van der Waals surface area contributed by atoms with Gasteiger partial charge >= 0.3 is 0 Å². The van der Waals surface area contributed by atoms with Crippen LogP contribution in [0.15, 0.2) is 53.6 Å². The number of aromatic amines is 1. The van der Waals surface area contributed by atoms with Crippen LogP contribution in [0, 0.1) is 11.7 Å². The average Bonchev–Trinajstić information content (AvgIpc) is 3.34. The fourth-order valence-corrected chi connectivity index (χ4v) is 4.61. The molecule has 0 radical (unpaired) electrons. The number of hydrogen-bond acceptors (Lipinski definition) is 4. The minimum Gasteiger partial charge on any atom is -0.361 e. The molecule has 1 saturated heterocycles. The number of amides is 2. The number of carbonyl (C=O) groups is 2. The van der Waals surface area contributed by atoms with E-state index in [-0.39, 0.29) is 28.9 Å². The lowest BCUT2D eigenvalue weighted by Crippen LogP contribution is -2.34. The molecule has 1 aliphatic heterocycles. The molecular formula is C23H25FN4O4S. The first kappa shape index (κ1) is 22.9. The number of nitrogens with two attached hydrogens (primary N) is 1. The third-order valence-electron chi connectivity index (χ3n) is 5.93. The van der Waals surface area contributed by atoms with Gasteiger partial charge in [0.1, 0.15) is 5.82 Å². The van der Waals surface area contributed by atoms with Gasteiger partial charge in [-0.05, 0) is 54.3 Å². The monoisotopic (exact) mass is 472 g/mol. The van der Waals surface area contributed by atoms with Gasteiger partial charge in [-0.3, -0.25) is 9.59 Å². The highest BCUT2D eigenvalue weighted by Gasteiger charge is 2.33. The highest BCUT2D eigenvalue weighted by atomic mass is 32.2. The van der Waals surface area contributed by atoms with Crippen molar-refractivity contribution in [1.29, 1.82) is 0 Å². The molecule has 0 bridgehead atoms. The zero-order valence-electron chi connectivity index (χ0n) is 17.9. The summed E-state index contributed by atoms with van der Waals surface area (Å²) in [6.45, 7) is 1.19. The van der Waals surface area contributed by atoms with Crippen LogP contribution in [0.5, 0.6) is 0 Å². The number of primary sulfonamides is 1. The zero-order chi connectivity index (χ0) is 23.6. The molecular weight excluding hydrogens is 447 g/mol. The van der Waals surface area contributed by atoms with E-state index in [1.165, 1.54) is 24.3 Å². The summed E-state index contributed by atoms with van der Waals surface area (Å²) in [6.07, 6.45) is 3.08. The quantitative estimate of drug-likeness (QED) is 0.461. The van der Waals surface area contributed by atoms with Crippen molar-refractivity contribution in [2.75, 3.05) is 19.6 Å². The minimum absolute atomic E-state index is 0.0395. The van der Waals surface area contributed by atoms with Crippen LogP contribution >= 0.6 is 0 Å². The molecule has 1 aromatic heterocycles. The number of nitrogens with zero attached hydrogens (tertiary/aromatic N) is 1. The summed E-state index contributed by atoms with van der Waals surface area (Å²) in [4.78, 5) is 29.7. The Morgan fingerprint density at radius 3 is 2.67 bits per heavy atom. The second kappa shape index (κ2) is 9.32. The lowest BCUT2D eigenvalue weighted by Gasteiger charge is -2.16. The molecule has 4 N–H and O–H groups in total. The highest BCUT2D eigenvalue weighted by Crippen LogP contribution is 2.22. The van der Waals surface area contributed by atoms with Gasteiger partial charge in [0.05, 0.1) is 10.8 Å². The largest absolute Gasteiger partial charge is 0.361 e. The number of carbonyl (C=O) groups excluding carboxylic acids is 2. The van der Waals surface area contributed by atoms with Crippen molar-refractivity contribution in [3.8, 4) is 0 Å². The molecule has 8 nitrogen and oxygen atoms in total. The second-order valence-corrected chi connectivity index (χ2v) is 9.79. The van der Waals surface area contributed by atoms with Gasteiger partial charge in [0.15, 0.2) is 0 Å². The van der Waals surface area contributed by atoms with Crippen molar-refractivity contribution in [3.63, 3.8) is 0 Å². The fraction of sp³-hybridized carbons (Fsp3) is 0.304. The molecule has 1 fully saturated rings. The van der Waals surface area contributed by atoms with Gasteiger partial charge < -0.3 is 15.2 Å². The minimum atomic E-state index is -3.73. The SMILES string of the molecule is NS(=O)(=O)c1ccc(CCNC(=O)C2CC(=O)N(CCc3c[nH]c4ccc(F)cc34)C2)cc1. The molecule has 0 saturated carbocycles. The van der Waals surface area contributed by atoms with Gasteiger partial charge in [0.2, 0.25) is 21.8 Å². The van der Waals surface area contributed by atoms with Crippen LogP contribution in [-0.4, -0.2) is 49.8 Å². The van der Waals surface area contributed by atoms with Gasteiger partial charge in [0.25, 0.3) is 0 Å². The third-order valence-corrected chi connectivity index (χ3v) is 6.86. The molecule has 2 heterocycles. The van der Waals surface area contributed by atoms with Crippen molar-refractivity contribution in [2.24, 2.45) is 11.1 Å². The first-order valence-corrected chi connectivity index (χ1v) is 12.2. The molecule has 174 valence electrons. The molecule has 1 unspecified atom stereocenters. The van der Waals surface area contributed by atoms with Crippen LogP contribution in [0.1, 0.15) is 17.5 Å². The number of nitrogens with one attached hydrogen (secondary N) is 2. The van der Waals surface area contributed by atoms with E-state index in [4.69, 9.17) is 5.14 Å². The average molecular weight is 473 g/mol. The van der Waals surface area contributed by atoms with Crippen LogP contribution in [-0.2, 0) is 32.5 Å². The Morgan fingerprint density at radius 1 is 1.18 bits per heavy atom. The standard InChI is InChI=1S/C23H25FN4O4S/c24-18-3-6-21-20(12-18)16(13-27-21)8-10-28-14-17(11-22(28)29)23(30)26-9-7-15-1-4-19(5-2-15)33(25,31)32/h1-6,12-13,17,27H,7-11,14H2,(H,26,30)(H2,25,31,32). The van der Waals surface area contributed by atoms with Crippen molar-refractivity contribution < 1.29 is 22.4 Å². The van der Waals surface area contributed by atoms with Crippen molar-refractivity contribution in [2.45, 2.75) is 24.2 Å². The van der Waals surface area contributed by atoms with Crippen LogP contribution in [0.25, 0.3) is 10.9 Å². The highest BCUT2D eigenvalue weighted by molar-refractivity contribution is 7.89. The number of likely N-dealkylation sites (tertiary alicyclic amines) is 1. The normalized spacial score (nSPS) is 16.5. The number of hydrogen-bond donors (Lipinski definition) is 3. The predicted octanol–water partition coefficient (Wildman–Crippen LogP) is 1.70. The number of H-pyrrole nitrogens is 1. The van der Waals surface area contributed by atoms with E-state index in [2.05, 4.69) is 10.3 Å². The summed E-state index contributed by atoms with van der Waals surface area (Å²) in [5, 5.41) is 8.74. The van der Waals surface area contributed by atoms with E-state index in [1.54, 1.807) is 23.1 Å². The first-order chi connectivity index (χ1) is 15.7. The van der Waals surface area contributed by atoms with E-state index < -0.39 is 15.9 Å². The lowest BCUT2D eigenvalue weighted by molar-refractivity contribution is -0.129. The number of halogens is 1. The Bertz CT molecular complexity index is 1290. The zero-order valence-corrected chi connectivity index (χ0v) is 18.7. The first-order valence-electron chi connectivity index (χ1n) is 10.6. The summed E-state index contributed by atoms with van der Waals surface area (Å²) in [5.41, 5.74) is 2.64.